The Morgan fingerprint density at radius 1 is 1.11 bits per heavy atom. The predicted octanol–water partition coefficient (Wildman–Crippen LogP) is 4.20. The van der Waals surface area contributed by atoms with Crippen molar-refractivity contribution in [3.63, 3.8) is 0 Å². The van der Waals surface area contributed by atoms with Crippen molar-refractivity contribution in [3.05, 3.63) is 53.1 Å². The molecule has 0 unspecified atom stereocenters. The highest BCUT2D eigenvalue weighted by atomic mass is 35.5. The van der Waals surface area contributed by atoms with Gasteiger partial charge in [0.1, 0.15) is 16.4 Å². The smallest absolute Gasteiger partial charge is 0.340 e. The van der Waals surface area contributed by atoms with Gasteiger partial charge in [-0.25, -0.2) is 0 Å². The maximum absolute atomic E-state index is 12.6. The second-order valence-electron chi connectivity index (χ2n) is 6.40. The van der Waals surface area contributed by atoms with E-state index in [1.54, 1.807) is 18.2 Å². The topological polar surface area (TPSA) is 71.1 Å². The van der Waals surface area contributed by atoms with Crippen LogP contribution in [0.1, 0.15) is 24.8 Å². The quantitative estimate of drug-likeness (QED) is 0.589. The lowest BCUT2D eigenvalue weighted by molar-refractivity contribution is -0.181. The van der Waals surface area contributed by atoms with Crippen LogP contribution in [-0.2, 0) is 26.0 Å². The molecule has 0 aromatic heterocycles. The highest BCUT2D eigenvalue weighted by molar-refractivity contribution is 7.87. The molecule has 8 heteroatoms. The number of benzene rings is 2. The summed E-state index contributed by atoms with van der Waals surface area (Å²) >= 11 is 6.00. The first-order valence-corrected chi connectivity index (χ1v) is 10.9. The van der Waals surface area contributed by atoms with Crippen LogP contribution in [0, 0.1) is 0 Å². The molecular formula is C20H23ClO6S. The molecule has 0 N–H and O–H groups in total. The van der Waals surface area contributed by atoms with E-state index in [0.29, 0.717) is 12.2 Å². The van der Waals surface area contributed by atoms with E-state index in [1.165, 1.54) is 25.3 Å². The van der Waals surface area contributed by atoms with E-state index in [0.717, 1.165) is 38.0 Å². The van der Waals surface area contributed by atoms with Crippen LogP contribution in [0.2, 0.25) is 5.02 Å². The molecular weight excluding hydrogens is 404 g/mol. The third-order valence-corrected chi connectivity index (χ3v) is 6.04. The number of hydrogen-bond acceptors (Lipinski definition) is 6. The van der Waals surface area contributed by atoms with E-state index in [9.17, 15) is 8.42 Å². The van der Waals surface area contributed by atoms with Gasteiger partial charge in [-0.05, 0) is 55.5 Å². The van der Waals surface area contributed by atoms with Gasteiger partial charge in [-0.1, -0.05) is 23.7 Å². The summed E-state index contributed by atoms with van der Waals surface area (Å²) in [5, 5.41) is 0.109. The van der Waals surface area contributed by atoms with Crippen molar-refractivity contribution < 1.29 is 26.8 Å². The van der Waals surface area contributed by atoms with Gasteiger partial charge in [0, 0.05) is 6.07 Å². The monoisotopic (exact) mass is 426 g/mol. The number of hydrogen-bond donors (Lipinski definition) is 0. The summed E-state index contributed by atoms with van der Waals surface area (Å²) in [7, 11) is -2.53. The second kappa shape index (κ2) is 9.60. The van der Waals surface area contributed by atoms with Crippen LogP contribution >= 0.6 is 11.6 Å². The molecule has 0 saturated carbocycles. The largest absolute Gasteiger partial charge is 0.497 e. The van der Waals surface area contributed by atoms with Crippen LogP contribution in [0.5, 0.6) is 11.5 Å². The van der Waals surface area contributed by atoms with Gasteiger partial charge in [0.05, 0.1) is 25.3 Å². The summed E-state index contributed by atoms with van der Waals surface area (Å²) in [5.41, 5.74) is 0.902. The molecule has 152 valence electrons. The van der Waals surface area contributed by atoms with Crippen molar-refractivity contribution in [2.24, 2.45) is 0 Å². The zero-order valence-electron chi connectivity index (χ0n) is 15.6. The Labute approximate surface area is 170 Å². The minimum atomic E-state index is -4.05. The Bertz CT molecular complexity index is 893. The third kappa shape index (κ3) is 5.61. The third-order valence-electron chi connectivity index (χ3n) is 4.29. The fourth-order valence-corrected chi connectivity index (χ4v) is 4.35. The average molecular weight is 427 g/mol. The minimum Gasteiger partial charge on any atom is -0.497 e. The zero-order valence-corrected chi connectivity index (χ0v) is 17.2. The average Bonchev–Trinajstić information content (AvgIpc) is 2.68. The highest BCUT2D eigenvalue weighted by Gasteiger charge is 2.21. The maximum Gasteiger partial charge on any atom is 0.340 e. The molecule has 2 aromatic carbocycles. The molecule has 1 saturated heterocycles. The van der Waals surface area contributed by atoms with Gasteiger partial charge in [-0.3, -0.25) is 0 Å². The van der Waals surface area contributed by atoms with Gasteiger partial charge in [0.25, 0.3) is 0 Å². The molecule has 1 aliphatic heterocycles. The first-order chi connectivity index (χ1) is 13.5. The van der Waals surface area contributed by atoms with Crippen LogP contribution in [0.4, 0.5) is 0 Å². The van der Waals surface area contributed by atoms with Crippen molar-refractivity contribution in [2.45, 2.75) is 36.9 Å². The lowest BCUT2D eigenvalue weighted by Crippen LogP contribution is -2.24. The van der Waals surface area contributed by atoms with E-state index >= 15 is 0 Å². The number of halogens is 1. The Hall–Kier alpha value is -1.80. The molecule has 28 heavy (non-hydrogen) atoms. The molecule has 1 aliphatic rings. The standard InChI is InChI=1S/C20H23ClO6S/c1-24-16-12-15(6-4-9-20-25-10-5-11-26-20)13-17(14-16)27-28(22,23)19-8-3-2-7-18(19)21/h2-3,7-8,12-14,20H,4-6,9-11H2,1H3. The number of ether oxygens (including phenoxy) is 3. The van der Waals surface area contributed by atoms with Crippen molar-refractivity contribution in [2.75, 3.05) is 20.3 Å². The lowest BCUT2D eigenvalue weighted by Gasteiger charge is -2.23. The summed E-state index contributed by atoms with van der Waals surface area (Å²) in [6.45, 7) is 1.45. The van der Waals surface area contributed by atoms with E-state index in [-0.39, 0.29) is 22.0 Å². The predicted molar refractivity (Wildman–Crippen MR) is 106 cm³/mol. The summed E-state index contributed by atoms with van der Waals surface area (Å²) in [4.78, 5) is -0.0763. The van der Waals surface area contributed by atoms with Gasteiger partial charge < -0.3 is 18.4 Å². The first-order valence-electron chi connectivity index (χ1n) is 9.08. The Morgan fingerprint density at radius 2 is 1.82 bits per heavy atom. The van der Waals surface area contributed by atoms with Crippen molar-refractivity contribution in [3.8, 4) is 11.5 Å². The van der Waals surface area contributed by atoms with Crippen LogP contribution in [0.3, 0.4) is 0 Å². The molecule has 0 spiro atoms. The highest BCUT2D eigenvalue weighted by Crippen LogP contribution is 2.29. The fourth-order valence-electron chi connectivity index (χ4n) is 2.94. The van der Waals surface area contributed by atoms with Gasteiger partial charge in [0.2, 0.25) is 0 Å². The number of aryl methyl sites for hydroxylation is 1. The molecule has 6 nitrogen and oxygen atoms in total. The van der Waals surface area contributed by atoms with Crippen molar-refractivity contribution in [1.82, 2.24) is 0 Å². The summed E-state index contributed by atoms with van der Waals surface area (Å²) in [5.74, 6) is 0.700. The van der Waals surface area contributed by atoms with Crippen LogP contribution in [0.25, 0.3) is 0 Å². The second-order valence-corrected chi connectivity index (χ2v) is 8.32. The van der Waals surface area contributed by atoms with Crippen LogP contribution < -0.4 is 8.92 Å². The fraction of sp³-hybridized carbons (Fsp3) is 0.400. The number of rotatable bonds is 8. The van der Waals surface area contributed by atoms with E-state index in [2.05, 4.69) is 0 Å². The zero-order chi connectivity index (χ0) is 20.0. The van der Waals surface area contributed by atoms with Crippen molar-refractivity contribution in [1.29, 1.82) is 0 Å². The van der Waals surface area contributed by atoms with E-state index in [1.807, 2.05) is 6.07 Å². The van der Waals surface area contributed by atoms with Crippen LogP contribution in [-0.4, -0.2) is 35.0 Å². The summed E-state index contributed by atoms with van der Waals surface area (Å²) in [6.07, 6.45) is 3.06. The Morgan fingerprint density at radius 3 is 2.54 bits per heavy atom. The van der Waals surface area contributed by atoms with Gasteiger partial charge in [-0.15, -0.1) is 0 Å². The number of methoxy groups -OCH3 is 1. The molecule has 1 fully saturated rings. The molecule has 0 amide bonds. The van der Waals surface area contributed by atoms with Crippen molar-refractivity contribution >= 4 is 21.7 Å². The van der Waals surface area contributed by atoms with E-state index in [4.69, 9.17) is 30.0 Å². The summed E-state index contributed by atoms with van der Waals surface area (Å²) < 4.78 is 46.8. The SMILES string of the molecule is COc1cc(CCCC2OCCCO2)cc(OS(=O)(=O)c2ccccc2Cl)c1. The van der Waals surface area contributed by atoms with Crippen LogP contribution in [0.15, 0.2) is 47.4 Å². The minimum absolute atomic E-state index is 0.0763. The normalized spacial score (nSPS) is 15.4. The molecule has 0 bridgehead atoms. The lowest BCUT2D eigenvalue weighted by atomic mass is 10.1. The maximum atomic E-state index is 12.6. The van der Waals surface area contributed by atoms with Gasteiger partial charge in [-0.2, -0.15) is 8.42 Å². The molecule has 0 atom stereocenters. The Kier molecular flexibility index (Phi) is 7.18. The molecule has 3 rings (SSSR count). The Balaban J connectivity index is 1.70. The first kappa shape index (κ1) is 20.9. The molecule has 0 radical (unpaired) electrons. The molecule has 0 aliphatic carbocycles. The molecule has 2 aromatic rings. The molecule has 1 heterocycles. The summed E-state index contributed by atoms with van der Waals surface area (Å²) in [6, 6.07) is 11.2. The van der Waals surface area contributed by atoms with Gasteiger partial charge >= 0.3 is 10.1 Å². The van der Waals surface area contributed by atoms with Gasteiger partial charge in [0.15, 0.2) is 6.29 Å². The van der Waals surface area contributed by atoms with E-state index < -0.39 is 10.1 Å².